The number of para-hydroxylation sites is 1. The molecule has 0 aliphatic carbocycles. The molecule has 5 aromatic heterocycles. The zero-order chi connectivity index (χ0) is 37.5. The largest absolute Gasteiger partial charge is 0.456 e. The van der Waals surface area contributed by atoms with E-state index < -0.39 is 0 Å². The molecular formula is C49H27N5O2S. The normalized spacial score (nSPS) is 11.9. The van der Waals surface area contributed by atoms with E-state index in [4.69, 9.17) is 33.8 Å². The Labute approximate surface area is 328 Å². The van der Waals surface area contributed by atoms with Gasteiger partial charge in [0.2, 0.25) is 0 Å². The van der Waals surface area contributed by atoms with E-state index in [1.165, 1.54) is 4.70 Å². The van der Waals surface area contributed by atoms with Gasteiger partial charge in [0.05, 0.1) is 15.9 Å². The van der Waals surface area contributed by atoms with Crippen LogP contribution in [-0.2, 0) is 0 Å². The maximum atomic E-state index is 6.61. The number of benzene rings is 7. The van der Waals surface area contributed by atoms with Crippen LogP contribution in [0.3, 0.4) is 0 Å². The van der Waals surface area contributed by atoms with Crippen molar-refractivity contribution in [3.63, 3.8) is 0 Å². The maximum Gasteiger partial charge on any atom is 0.164 e. The van der Waals surface area contributed by atoms with E-state index >= 15 is 0 Å². The molecule has 0 N–H and O–H groups in total. The molecule has 57 heavy (non-hydrogen) atoms. The molecule has 12 rings (SSSR count). The zero-order valence-electron chi connectivity index (χ0n) is 30.0. The molecule has 0 unspecified atom stereocenters. The molecule has 0 aliphatic rings. The van der Waals surface area contributed by atoms with Crippen molar-refractivity contribution in [2.75, 3.05) is 0 Å². The minimum Gasteiger partial charge on any atom is -0.456 e. The molecule has 7 nitrogen and oxygen atoms in total. The number of hydrogen-bond donors (Lipinski definition) is 0. The van der Waals surface area contributed by atoms with Crippen LogP contribution in [0.2, 0.25) is 0 Å². The summed E-state index contributed by atoms with van der Waals surface area (Å²) in [6, 6.07) is 55.2. The third-order valence-corrected chi connectivity index (χ3v) is 11.7. The first-order chi connectivity index (χ1) is 28.2. The van der Waals surface area contributed by atoms with Crippen molar-refractivity contribution in [3.05, 3.63) is 164 Å². The lowest BCUT2D eigenvalue weighted by Gasteiger charge is -2.09. The van der Waals surface area contributed by atoms with Crippen LogP contribution in [0, 0.1) is 0 Å². The molecule has 0 aliphatic heterocycles. The Balaban J connectivity index is 1.03. The molecule has 0 fully saturated rings. The number of rotatable bonds is 5. The third-order valence-electron chi connectivity index (χ3n) is 10.6. The van der Waals surface area contributed by atoms with Gasteiger partial charge in [0.15, 0.2) is 23.3 Å². The van der Waals surface area contributed by atoms with Crippen LogP contribution in [0.5, 0.6) is 0 Å². The molecule has 0 saturated heterocycles. The van der Waals surface area contributed by atoms with Gasteiger partial charge in [0.25, 0.3) is 0 Å². The zero-order valence-corrected chi connectivity index (χ0v) is 30.9. The Morgan fingerprint density at radius 1 is 0.368 bits per heavy atom. The lowest BCUT2D eigenvalue weighted by molar-refractivity contribution is 0.668. The molecule has 0 radical (unpaired) electrons. The van der Waals surface area contributed by atoms with Crippen LogP contribution >= 0.6 is 11.3 Å². The fourth-order valence-corrected chi connectivity index (χ4v) is 9.02. The summed E-state index contributed by atoms with van der Waals surface area (Å²) >= 11 is 1.73. The molecule has 5 heterocycles. The van der Waals surface area contributed by atoms with Crippen molar-refractivity contribution in [1.82, 2.24) is 24.9 Å². The number of fused-ring (bicyclic) bond motifs is 9. The second-order valence-electron chi connectivity index (χ2n) is 14.0. The topological polar surface area (TPSA) is 90.7 Å². The molecule has 266 valence electrons. The first-order valence-electron chi connectivity index (χ1n) is 18.7. The molecule has 0 amide bonds. The second kappa shape index (κ2) is 12.5. The Morgan fingerprint density at radius 3 is 1.86 bits per heavy atom. The van der Waals surface area contributed by atoms with E-state index in [2.05, 4.69) is 66.7 Å². The third kappa shape index (κ3) is 5.15. The van der Waals surface area contributed by atoms with E-state index in [0.717, 1.165) is 93.0 Å². The maximum absolute atomic E-state index is 6.61. The van der Waals surface area contributed by atoms with Crippen LogP contribution < -0.4 is 0 Å². The van der Waals surface area contributed by atoms with Crippen molar-refractivity contribution >= 4 is 75.5 Å². The molecule has 0 atom stereocenters. The highest BCUT2D eigenvalue weighted by Gasteiger charge is 2.21. The highest BCUT2D eigenvalue weighted by Crippen LogP contribution is 2.42. The summed E-state index contributed by atoms with van der Waals surface area (Å²) in [6.07, 6.45) is 0. The van der Waals surface area contributed by atoms with Crippen LogP contribution in [0.1, 0.15) is 0 Å². The second-order valence-corrected chi connectivity index (χ2v) is 15.1. The van der Waals surface area contributed by atoms with Crippen molar-refractivity contribution in [2.24, 2.45) is 0 Å². The van der Waals surface area contributed by atoms with E-state index in [9.17, 15) is 0 Å². The number of aromatic nitrogens is 5. The summed E-state index contributed by atoms with van der Waals surface area (Å²) in [6.45, 7) is 0. The monoisotopic (exact) mass is 749 g/mol. The average molecular weight is 750 g/mol. The molecule has 7 aromatic carbocycles. The molecular weight excluding hydrogens is 723 g/mol. The summed E-state index contributed by atoms with van der Waals surface area (Å²) in [5, 5.41) is 5.06. The molecule has 8 heteroatoms. The van der Waals surface area contributed by atoms with Gasteiger partial charge in [-0.25, -0.2) is 24.9 Å². The van der Waals surface area contributed by atoms with Crippen LogP contribution in [-0.4, -0.2) is 24.9 Å². The molecule has 12 aromatic rings. The number of furan rings is 2. The number of hydrogen-bond acceptors (Lipinski definition) is 8. The Kier molecular flexibility index (Phi) is 6.96. The van der Waals surface area contributed by atoms with Crippen LogP contribution in [0.4, 0.5) is 0 Å². The summed E-state index contributed by atoms with van der Waals surface area (Å²) in [5.41, 5.74) is 9.53. The Bertz CT molecular complexity index is 3540. The molecule has 0 spiro atoms. The Morgan fingerprint density at radius 2 is 1.00 bits per heavy atom. The molecule has 0 bridgehead atoms. The van der Waals surface area contributed by atoms with Crippen molar-refractivity contribution < 1.29 is 8.83 Å². The van der Waals surface area contributed by atoms with Gasteiger partial charge in [-0.3, -0.25) is 0 Å². The van der Waals surface area contributed by atoms with Crippen molar-refractivity contribution in [2.45, 2.75) is 0 Å². The summed E-state index contributed by atoms with van der Waals surface area (Å²) < 4.78 is 15.0. The highest BCUT2D eigenvalue weighted by atomic mass is 32.1. The summed E-state index contributed by atoms with van der Waals surface area (Å²) in [7, 11) is 0. The highest BCUT2D eigenvalue weighted by molar-refractivity contribution is 7.26. The first-order valence-corrected chi connectivity index (χ1v) is 19.5. The van der Waals surface area contributed by atoms with Crippen molar-refractivity contribution in [3.8, 4) is 56.8 Å². The van der Waals surface area contributed by atoms with Gasteiger partial charge >= 0.3 is 0 Å². The fourth-order valence-electron chi connectivity index (χ4n) is 7.87. The van der Waals surface area contributed by atoms with Gasteiger partial charge < -0.3 is 8.83 Å². The van der Waals surface area contributed by atoms with E-state index in [0.29, 0.717) is 23.3 Å². The summed E-state index contributed by atoms with van der Waals surface area (Å²) in [5.74, 6) is 2.35. The van der Waals surface area contributed by atoms with Gasteiger partial charge in [-0.05, 0) is 48.5 Å². The predicted octanol–water partition coefficient (Wildman–Crippen LogP) is 13.2. The average Bonchev–Trinajstić information content (AvgIpc) is 3.97. The fraction of sp³-hybridized carbons (Fsp3) is 0. The summed E-state index contributed by atoms with van der Waals surface area (Å²) in [4.78, 5) is 25.6. The lowest BCUT2D eigenvalue weighted by atomic mass is 10.0. The predicted molar refractivity (Wildman–Crippen MR) is 230 cm³/mol. The smallest absolute Gasteiger partial charge is 0.164 e. The van der Waals surface area contributed by atoms with Gasteiger partial charge in [0.1, 0.15) is 22.3 Å². The van der Waals surface area contributed by atoms with Crippen molar-refractivity contribution in [1.29, 1.82) is 0 Å². The standard InChI is InChI=1S/C49H27N5O2S/c1-3-12-28(13-4-1)43-45-44(34-17-8-10-21-41(34)57-45)51-47(50-43)31-22-24-33-40(27-31)56-39-20-11-18-35(42(33)39)49-53-46(29-14-5-2-6-15-29)52-48(54-49)30-23-25-38-36(26-30)32-16-7-9-19-37(32)55-38/h1-27H. The quantitative estimate of drug-likeness (QED) is 0.173. The van der Waals surface area contributed by atoms with Crippen LogP contribution in [0.25, 0.3) is 121 Å². The first kappa shape index (κ1) is 31.8. The van der Waals surface area contributed by atoms with E-state index in [-0.39, 0.29) is 0 Å². The van der Waals surface area contributed by atoms with Gasteiger partial charge in [0, 0.05) is 59.4 Å². The number of thiophene rings is 1. The SMILES string of the molecule is c1ccc(-c2nc(-c3ccc4oc5ccccc5c4c3)nc(-c3cccc4oc5cc(-c6nc(-c7ccccc7)c7sc8ccccc8c7n6)ccc5c34)n2)cc1. The van der Waals surface area contributed by atoms with E-state index in [1.807, 2.05) is 97.1 Å². The van der Waals surface area contributed by atoms with E-state index in [1.54, 1.807) is 11.3 Å². The van der Waals surface area contributed by atoms with Gasteiger partial charge in [-0.15, -0.1) is 11.3 Å². The lowest BCUT2D eigenvalue weighted by Crippen LogP contribution is -2.00. The number of nitrogens with zero attached hydrogens (tertiary/aromatic N) is 5. The van der Waals surface area contributed by atoms with Gasteiger partial charge in [-0.1, -0.05) is 115 Å². The molecule has 0 saturated carbocycles. The Hall–Kier alpha value is -7.55. The minimum atomic E-state index is 0.555. The van der Waals surface area contributed by atoms with Gasteiger partial charge in [-0.2, -0.15) is 0 Å². The minimum absolute atomic E-state index is 0.555. The van der Waals surface area contributed by atoms with Crippen LogP contribution in [0.15, 0.2) is 173 Å².